The maximum atomic E-state index is 12.1. The van der Waals surface area contributed by atoms with E-state index >= 15 is 0 Å². The molecule has 0 aliphatic heterocycles. The van der Waals surface area contributed by atoms with Gasteiger partial charge in [0.2, 0.25) is 0 Å². The highest BCUT2D eigenvalue weighted by Gasteiger charge is 2.25. The number of rotatable bonds is 5. The van der Waals surface area contributed by atoms with Crippen molar-refractivity contribution in [1.82, 2.24) is 0 Å². The number of methoxy groups -OCH3 is 1. The molecule has 0 radical (unpaired) electrons. The van der Waals surface area contributed by atoms with E-state index in [4.69, 9.17) is 5.26 Å². The molecule has 0 N–H and O–H groups in total. The van der Waals surface area contributed by atoms with Gasteiger partial charge >= 0.3 is 5.97 Å². The average molecular weight is 281 g/mol. The van der Waals surface area contributed by atoms with Gasteiger partial charge in [0.1, 0.15) is 0 Å². The van der Waals surface area contributed by atoms with E-state index in [1.54, 1.807) is 24.3 Å². The van der Waals surface area contributed by atoms with Crippen LogP contribution in [0.2, 0.25) is 0 Å². The van der Waals surface area contributed by atoms with Crippen molar-refractivity contribution in [3.63, 3.8) is 0 Å². The van der Waals surface area contributed by atoms with E-state index in [-0.39, 0.29) is 12.2 Å². The predicted octanol–water partition coefficient (Wildman–Crippen LogP) is 1.42. The van der Waals surface area contributed by atoms with Crippen molar-refractivity contribution < 1.29 is 17.9 Å². The van der Waals surface area contributed by atoms with Crippen LogP contribution in [0.1, 0.15) is 24.5 Å². The lowest BCUT2D eigenvalue weighted by Crippen LogP contribution is -2.23. The minimum absolute atomic E-state index is 0.187. The third kappa shape index (κ3) is 4.07. The van der Waals surface area contributed by atoms with E-state index in [0.29, 0.717) is 11.1 Å². The molecule has 1 aromatic carbocycles. The summed E-state index contributed by atoms with van der Waals surface area (Å²) in [5, 5.41) is 8.08. The quantitative estimate of drug-likeness (QED) is 0.762. The number of benzene rings is 1. The highest BCUT2D eigenvalue weighted by molar-refractivity contribution is 7.91. The number of hydrogen-bond donors (Lipinski definition) is 0. The van der Waals surface area contributed by atoms with Crippen molar-refractivity contribution in [3.05, 3.63) is 35.4 Å². The van der Waals surface area contributed by atoms with Crippen molar-refractivity contribution in [2.45, 2.75) is 24.3 Å². The number of carbonyl (C=O) groups excluding carboxylic acids is 1. The number of carbonyl (C=O) groups is 1. The molecule has 6 heteroatoms. The largest absolute Gasteiger partial charge is 0.469 e. The standard InChI is InChI=1S/C13H15NO4S/c1-10(7-13(15)18-2)19(16,17)9-12-6-4-3-5-11(12)8-14/h3-6,10H,7,9H2,1-2H3. The van der Waals surface area contributed by atoms with Crippen LogP contribution in [0.4, 0.5) is 0 Å². The van der Waals surface area contributed by atoms with Crippen LogP contribution in [0.3, 0.4) is 0 Å². The van der Waals surface area contributed by atoms with E-state index < -0.39 is 21.1 Å². The first-order valence-electron chi connectivity index (χ1n) is 5.67. The van der Waals surface area contributed by atoms with E-state index in [9.17, 15) is 13.2 Å². The van der Waals surface area contributed by atoms with Gasteiger partial charge in [-0.3, -0.25) is 4.79 Å². The van der Waals surface area contributed by atoms with E-state index in [1.165, 1.54) is 14.0 Å². The third-order valence-corrected chi connectivity index (χ3v) is 4.90. The van der Waals surface area contributed by atoms with Gasteiger partial charge in [0.15, 0.2) is 9.84 Å². The molecule has 0 amide bonds. The number of nitrogens with zero attached hydrogens (tertiary/aromatic N) is 1. The van der Waals surface area contributed by atoms with Gasteiger partial charge in [-0.2, -0.15) is 5.26 Å². The van der Waals surface area contributed by atoms with Crippen LogP contribution in [0.25, 0.3) is 0 Å². The molecule has 0 aromatic heterocycles. The SMILES string of the molecule is COC(=O)CC(C)S(=O)(=O)Cc1ccccc1C#N. The minimum atomic E-state index is -3.50. The fourth-order valence-corrected chi connectivity index (χ4v) is 2.92. The fraction of sp³-hybridized carbons (Fsp3) is 0.385. The monoisotopic (exact) mass is 281 g/mol. The molecule has 1 rings (SSSR count). The third-order valence-electron chi connectivity index (χ3n) is 2.79. The van der Waals surface area contributed by atoms with Crippen LogP contribution in [0.15, 0.2) is 24.3 Å². The Bertz CT molecular complexity index is 601. The number of esters is 1. The Kier molecular flexibility index (Phi) is 5.07. The highest BCUT2D eigenvalue weighted by atomic mass is 32.2. The summed E-state index contributed by atoms with van der Waals surface area (Å²) in [6, 6.07) is 8.47. The first-order valence-corrected chi connectivity index (χ1v) is 7.38. The average Bonchev–Trinajstić information content (AvgIpc) is 2.38. The number of nitriles is 1. The first kappa shape index (κ1) is 15.2. The summed E-state index contributed by atoms with van der Waals surface area (Å²) in [6.07, 6.45) is -0.187. The highest BCUT2D eigenvalue weighted by Crippen LogP contribution is 2.17. The van der Waals surface area contributed by atoms with Gasteiger partial charge in [0, 0.05) is 0 Å². The first-order chi connectivity index (χ1) is 8.90. The summed E-state index contributed by atoms with van der Waals surface area (Å²) in [7, 11) is -2.29. The second-order valence-electron chi connectivity index (χ2n) is 4.17. The van der Waals surface area contributed by atoms with Crippen LogP contribution in [0.5, 0.6) is 0 Å². The normalized spacial score (nSPS) is 12.5. The van der Waals surface area contributed by atoms with Crippen LogP contribution in [0, 0.1) is 11.3 Å². The van der Waals surface area contributed by atoms with Crippen LogP contribution in [-0.2, 0) is 25.1 Å². The van der Waals surface area contributed by atoms with Crippen LogP contribution < -0.4 is 0 Å². The van der Waals surface area contributed by atoms with Gasteiger partial charge in [0.05, 0.1) is 36.2 Å². The Morgan fingerprint density at radius 2 is 2.05 bits per heavy atom. The summed E-state index contributed by atoms with van der Waals surface area (Å²) in [5.74, 6) is -0.820. The van der Waals surface area contributed by atoms with Gasteiger partial charge in [-0.25, -0.2) is 8.42 Å². The molecular formula is C13H15NO4S. The van der Waals surface area contributed by atoms with Crippen LogP contribution in [-0.4, -0.2) is 26.7 Å². The molecule has 0 saturated carbocycles. The molecule has 102 valence electrons. The van der Waals surface area contributed by atoms with Gasteiger partial charge < -0.3 is 4.74 Å². The molecule has 1 aromatic rings. The zero-order valence-electron chi connectivity index (χ0n) is 10.8. The summed E-state index contributed by atoms with van der Waals surface area (Å²) < 4.78 is 28.7. The Labute approximate surface area is 112 Å². The van der Waals surface area contributed by atoms with Crippen molar-refractivity contribution >= 4 is 15.8 Å². The molecule has 5 nitrogen and oxygen atoms in total. The second-order valence-corrected chi connectivity index (χ2v) is 6.59. The van der Waals surface area contributed by atoms with Crippen molar-refractivity contribution in [2.75, 3.05) is 7.11 Å². The minimum Gasteiger partial charge on any atom is -0.469 e. The summed E-state index contributed by atoms with van der Waals surface area (Å²) in [5.41, 5.74) is 0.776. The van der Waals surface area contributed by atoms with E-state index in [2.05, 4.69) is 4.74 Å². The molecule has 0 fully saturated rings. The molecule has 1 unspecified atom stereocenters. The second kappa shape index (κ2) is 6.34. The predicted molar refractivity (Wildman–Crippen MR) is 69.9 cm³/mol. The fourth-order valence-electron chi connectivity index (χ4n) is 1.56. The van der Waals surface area contributed by atoms with Gasteiger partial charge in [-0.15, -0.1) is 0 Å². The number of hydrogen-bond acceptors (Lipinski definition) is 5. The van der Waals surface area contributed by atoms with Crippen LogP contribution >= 0.6 is 0 Å². The molecule has 0 aliphatic carbocycles. The molecular weight excluding hydrogens is 266 g/mol. The molecule has 0 spiro atoms. The molecule has 0 aliphatic rings. The lowest BCUT2D eigenvalue weighted by atomic mass is 10.1. The zero-order valence-corrected chi connectivity index (χ0v) is 11.6. The molecule has 0 bridgehead atoms. The lowest BCUT2D eigenvalue weighted by molar-refractivity contribution is -0.140. The van der Waals surface area contributed by atoms with E-state index in [0.717, 1.165) is 0 Å². The van der Waals surface area contributed by atoms with Crippen molar-refractivity contribution in [3.8, 4) is 6.07 Å². The molecule has 0 heterocycles. The van der Waals surface area contributed by atoms with Gasteiger partial charge in [-0.05, 0) is 18.6 Å². The summed E-state index contributed by atoms with van der Waals surface area (Å²) >= 11 is 0. The Hall–Kier alpha value is -1.87. The van der Waals surface area contributed by atoms with E-state index in [1.807, 2.05) is 6.07 Å². The topological polar surface area (TPSA) is 84.2 Å². The van der Waals surface area contributed by atoms with Crippen molar-refractivity contribution in [1.29, 1.82) is 5.26 Å². The lowest BCUT2D eigenvalue weighted by Gasteiger charge is -2.12. The van der Waals surface area contributed by atoms with Gasteiger partial charge in [-0.1, -0.05) is 18.2 Å². The summed E-state index contributed by atoms with van der Waals surface area (Å²) in [4.78, 5) is 11.1. The van der Waals surface area contributed by atoms with Gasteiger partial charge in [0.25, 0.3) is 0 Å². The molecule has 0 saturated heterocycles. The Morgan fingerprint density at radius 1 is 1.42 bits per heavy atom. The zero-order chi connectivity index (χ0) is 14.5. The van der Waals surface area contributed by atoms with Crippen molar-refractivity contribution in [2.24, 2.45) is 0 Å². The molecule has 19 heavy (non-hydrogen) atoms. The molecule has 1 atom stereocenters. The number of ether oxygens (including phenoxy) is 1. The maximum absolute atomic E-state index is 12.1. The summed E-state index contributed by atoms with van der Waals surface area (Å²) in [6.45, 7) is 1.46. The Balaban J connectivity index is 2.91. The maximum Gasteiger partial charge on any atom is 0.306 e. The number of sulfone groups is 1. The smallest absolute Gasteiger partial charge is 0.306 e. The Morgan fingerprint density at radius 3 is 2.63 bits per heavy atom.